The molecule has 1 saturated heterocycles. The molecule has 1 aromatic carbocycles. The molecule has 1 fully saturated rings. The first-order chi connectivity index (χ1) is 10.5. The highest BCUT2D eigenvalue weighted by Gasteiger charge is 2.14. The number of hydrogen-bond donors (Lipinski definition) is 1. The van der Waals surface area contributed by atoms with Crippen molar-refractivity contribution in [1.82, 2.24) is 4.90 Å². The first-order valence-corrected chi connectivity index (χ1v) is 7.90. The molecule has 1 aliphatic rings. The average Bonchev–Trinajstić information content (AvgIpc) is 2.47. The summed E-state index contributed by atoms with van der Waals surface area (Å²) in [5, 5.41) is 8.98. The van der Waals surface area contributed by atoms with Crippen LogP contribution < -0.4 is 4.90 Å². The molecule has 5 heteroatoms. The normalized spacial score (nSPS) is 15.7. The molecule has 0 radical (unpaired) electrons. The zero-order valence-corrected chi connectivity index (χ0v) is 13.5. The number of aliphatic carboxylic acids is 1. The van der Waals surface area contributed by atoms with Gasteiger partial charge in [0.15, 0.2) is 0 Å². The van der Waals surface area contributed by atoms with Crippen LogP contribution in [0.1, 0.15) is 17.5 Å². The monoisotopic (exact) mass is 306 g/mol. The quantitative estimate of drug-likeness (QED) is 0.834. The van der Waals surface area contributed by atoms with Crippen LogP contribution in [0.4, 0.5) is 5.69 Å². The van der Waals surface area contributed by atoms with Gasteiger partial charge in [0, 0.05) is 38.4 Å². The molecule has 0 amide bonds. The van der Waals surface area contributed by atoms with E-state index in [4.69, 9.17) is 9.84 Å². The van der Waals surface area contributed by atoms with Crippen LogP contribution in [0.15, 0.2) is 18.2 Å². The lowest BCUT2D eigenvalue weighted by atomic mass is 10.1. The highest BCUT2D eigenvalue weighted by Crippen LogP contribution is 2.19. The highest BCUT2D eigenvalue weighted by molar-refractivity contribution is 5.67. The summed E-state index contributed by atoms with van der Waals surface area (Å²) in [6.45, 7) is 9.98. The van der Waals surface area contributed by atoms with Gasteiger partial charge in [0.1, 0.15) is 0 Å². The van der Waals surface area contributed by atoms with Crippen LogP contribution >= 0.6 is 0 Å². The molecule has 0 unspecified atom stereocenters. The fourth-order valence-corrected chi connectivity index (χ4v) is 2.82. The molecule has 0 saturated carbocycles. The molecule has 0 bridgehead atoms. The Kier molecular flexibility index (Phi) is 6.21. The third kappa shape index (κ3) is 5.31. The van der Waals surface area contributed by atoms with E-state index in [-0.39, 0.29) is 6.42 Å². The third-order valence-electron chi connectivity index (χ3n) is 3.96. The van der Waals surface area contributed by atoms with Crippen molar-refractivity contribution in [2.24, 2.45) is 0 Å². The summed E-state index contributed by atoms with van der Waals surface area (Å²) in [5.41, 5.74) is 3.54. The number of carboxylic acid groups (broad SMARTS) is 1. The van der Waals surface area contributed by atoms with E-state index < -0.39 is 5.97 Å². The third-order valence-corrected chi connectivity index (χ3v) is 3.96. The second-order valence-corrected chi connectivity index (χ2v) is 5.93. The molecular formula is C17H26N2O3. The van der Waals surface area contributed by atoms with Gasteiger partial charge in [-0.05, 0) is 37.1 Å². The van der Waals surface area contributed by atoms with Crippen LogP contribution in [0, 0.1) is 13.8 Å². The van der Waals surface area contributed by atoms with E-state index >= 15 is 0 Å². The smallest absolute Gasteiger partial charge is 0.305 e. The average molecular weight is 306 g/mol. The Morgan fingerprint density at radius 2 is 1.82 bits per heavy atom. The predicted molar refractivity (Wildman–Crippen MR) is 87.6 cm³/mol. The van der Waals surface area contributed by atoms with Crippen molar-refractivity contribution in [3.8, 4) is 0 Å². The van der Waals surface area contributed by atoms with Crippen LogP contribution in [0.25, 0.3) is 0 Å². The Balaban J connectivity index is 2.02. The van der Waals surface area contributed by atoms with Gasteiger partial charge in [0.2, 0.25) is 0 Å². The molecule has 1 aliphatic heterocycles. The summed E-state index contributed by atoms with van der Waals surface area (Å²) in [4.78, 5) is 15.5. The van der Waals surface area contributed by atoms with Crippen molar-refractivity contribution >= 4 is 11.7 Å². The van der Waals surface area contributed by atoms with E-state index in [0.717, 1.165) is 45.1 Å². The number of carboxylic acids is 1. The molecule has 122 valence electrons. The SMILES string of the molecule is Cc1cc(C)cc(N(CCC(=O)O)CCN2CCOCC2)c1. The number of hydrogen-bond acceptors (Lipinski definition) is 4. The van der Waals surface area contributed by atoms with Gasteiger partial charge in [-0.3, -0.25) is 9.69 Å². The van der Waals surface area contributed by atoms with Crippen molar-refractivity contribution in [3.63, 3.8) is 0 Å². The number of carbonyl (C=O) groups is 1. The second-order valence-electron chi connectivity index (χ2n) is 5.93. The van der Waals surface area contributed by atoms with Gasteiger partial charge in [-0.15, -0.1) is 0 Å². The molecule has 0 aromatic heterocycles. The van der Waals surface area contributed by atoms with Crippen LogP contribution in [-0.4, -0.2) is 61.9 Å². The van der Waals surface area contributed by atoms with Crippen molar-refractivity contribution in [2.75, 3.05) is 50.8 Å². The van der Waals surface area contributed by atoms with Gasteiger partial charge in [-0.25, -0.2) is 0 Å². The molecule has 1 heterocycles. The second kappa shape index (κ2) is 8.15. The lowest BCUT2D eigenvalue weighted by Crippen LogP contribution is -2.42. The number of morpholine rings is 1. The van der Waals surface area contributed by atoms with Crippen LogP contribution in [0.3, 0.4) is 0 Å². The van der Waals surface area contributed by atoms with Crippen LogP contribution in [-0.2, 0) is 9.53 Å². The maximum atomic E-state index is 10.9. The largest absolute Gasteiger partial charge is 0.481 e. The van der Waals surface area contributed by atoms with E-state index in [1.54, 1.807) is 0 Å². The number of aryl methyl sites for hydroxylation is 2. The Morgan fingerprint density at radius 3 is 2.41 bits per heavy atom. The maximum absolute atomic E-state index is 10.9. The van der Waals surface area contributed by atoms with Gasteiger partial charge in [0.25, 0.3) is 0 Å². The zero-order chi connectivity index (χ0) is 15.9. The Hall–Kier alpha value is -1.59. The number of anilines is 1. The molecule has 5 nitrogen and oxygen atoms in total. The van der Waals surface area contributed by atoms with Gasteiger partial charge in [0.05, 0.1) is 19.6 Å². The minimum Gasteiger partial charge on any atom is -0.481 e. The molecule has 2 rings (SSSR count). The first kappa shape index (κ1) is 16.8. The maximum Gasteiger partial charge on any atom is 0.305 e. The first-order valence-electron chi connectivity index (χ1n) is 7.90. The summed E-state index contributed by atoms with van der Waals surface area (Å²) in [6.07, 6.45) is 0.163. The van der Waals surface area contributed by atoms with Crippen molar-refractivity contribution in [1.29, 1.82) is 0 Å². The predicted octanol–water partition coefficient (Wildman–Crippen LogP) is 1.92. The molecule has 0 atom stereocenters. The summed E-state index contributed by atoms with van der Waals surface area (Å²) in [7, 11) is 0. The number of ether oxygens (including phenoxy) is 1. The molecule has 0 spiro atoms. The van der Waals surface area contributed by atoms with E-state index in [2.05, 4.69) is 41.8 Å². The lowest BCUT2D eigenvalue weighted by molar-refractivity contribution is -0.136. The topological polar surface area (TPSA) is 53.0 Å². The Labute approximate surface area is 132 Å². The van der Waals surface area contributed by atoms with Gasteiger partial charge in [-0.1, -0.05) is 6.07 Å². The van der Waals surface area contributed by atoms with Crippen LogP contribution in [0.2, 0.25) is 0 Å². The summed E-state index contributed by atoms with van der Waals surface area (Å²) >= 11 is 0. The van der Waals surface area contributed by atoms with Crippen molar-refractivity contribution < 1.29 is 14.6 Å². The molecule has 1 N–H and O–H groups in total. The summed E-state index contributed by atoms with van der Waals surface area (Å²) in [6, 6.07) is 6.41. The standard InChI is InChI=1S/C17H26N2O3/c1-14-11-15(2)13-16(12-14)19(4-3-17(20)21)6-5-18-7-9-22-10-8-18/h11-13H,3-10H2,1-2H3,(H,20,21). The zero-order valence-electron chi connectivity index (χ0n) is 13.5. The van der Waals surface area contributed by atoms with Gasteiger partial charge < -0.3 is 14.7 Å². The van der Waals surface area contributed by atoms with Gasteiger partial charge >= 0.3 is 5.97 Å². The highest BCUT2D eigenvalue weighted by atomic mass is 16.5. The van der Waals surface area contributed by atoms with E-state index in [1.807, 2.05) is 0 Å². The van der Waals surface area contributed by atoms with Gasteiger partial charge in [-0.2, -0.15) is 0 Å². The summed E-state index contributed by atoms with van der Waals surface area (Å²) < 4.78 is 5.37. The number of nitrogens with zero attached hydrogens (tertiary/aromatic N) is 2. The van der Waals surface area contributed by atoms with Crippen molar-refractivity contribution in [2.45, 2.75) is 20.3 Å². The molecular weight excluding hydrogens is 280 g/mol. The fourth-order valence-electron chi connectivity index (χ4n) is 2.82. The van der Waals surface area contributed by atoms with E-state index in [0.29, 0.717) is 6.54 Å². The Morgan fingerprint density at radius 1 is 1.18 bits per heavy atom. The molecule has 1 aromatic rings. The molecule has 0 aliphatic carbocycles. The molecule has 22 heavy (non-hydrogen) atoms. The Bertz CT molecular complexity index is 478. The minimum atomic E-state index is -0.749. The van der Waals surface area contributed by atoms with Crippen molar-refractivity contribution in [3.05, 3.63) is 29.3 Å². The lowest BCUT2D eigenvalue weighted by Gasteiger charge is -2.31. The van der Waals surface area contributed by atoms with Crippen LogP contribution in [0.5, 0.6) is 0 Å². The number of rotatable bonds is 7. The van der Waals surface area contributed by atoms with E-state index in [1.165, 1.54) is 11.1 Å². The fraction of sp³-hybridized carbons (Fsp3) is 0.588. The van der Waals surface area contributed by atoms with E-state index in [9.17, 15) is 4.79 Å². The summed E-state index contributed by atoms with van der Waals surface area (Å²) in [5.74, 6) is -0.749. The number of benzene rings is 1. The minimum absolute atomic E-state index is 0.163.